The van der Waals surface area contributed by atoms with E-state index >= 15 is 0 Å². The Labute approximate surface area is 154 Å². The summed E-state index contributed by atoms with van der Waals surface area (Å²) < 4.78 is 64.4. The number of halogens is 2. The van der Waals surface area contributed by atoms with Crippen LogP contribution in [0.5, 0.6) is 0 Å². The van der Waals surface area contributed by atoms with Crippen molar-refractivity contribution in [3.63, 3.8) is 0 Å². The molecule has 0 fully saturated rings. The smallest absolute Gasteiger partial charge is 0.282 e. The lowest BCUT2D eigenvalue weighted by molar-refractivity contribution is 0.480. The lowest BCUT2D eigenvalue weighted by atomic mass is 10.1. The van der Waals surface area contributed by atoms with Crippen LogP contribution in [0.4, 0.5) is 0 Å². The first-order valence-corrected chi connectivity index (χ1v) is 10.6. The van der Waals surface area contributed by atoms with Gasteiger partial charge in [-0.1, -0.05) is 12.1 Å². The van der Waals surface area contributed by atoms with Gasteiger partial charge in [0.2, 0.25) is 0 Å². The van der Waals surface area contributed by atoms with Gasteiger partial charge in [-0.15, -0.1) is 0 Å². The van der Waals surface area contributed by atoms with Crippen molar-refractivity contribution in [2.24, 2.45) is 0 Å². The Kier molecular flexibility index (Phi) is 5.19. The van der Waals surface area contributed by atoms with E-state index in [-0.39, 0.29) is 9.79 Å². The monoisotopic (exact) mass is 566 g/mol. The minimum atomic E-state index is -4.39. The normalized spacial score (nSPS) is 12.4. The lowest BCUT2D eigenvalue weighted by Gasteiger charge is -2.08. The van der Waals surface area contributed by atoms with Crippen molar-refractivity contribution in [2.75, 3.05) is 0 Å². The third kappa shape index (κ3) is 3.97. The Hall–Kier alpha value is -0.280. The van der Waals surface area contributed by atoms with E-state index in [4.69, 9.17) is 0 Å². The van der Waals surface area contributed by atoms with Crippen molar-refractivity contribution < 1.29 is 25.9 Å². The highest BCUT2D eigenvalue weighted by molar-refractivity contribution is 14.1. The Morgan fingerprint density at radius 3 is 1.27 bits per heavy atom. The van der Waals surface area contributed by atoms with Crippen molar-refractivity contribution in [3.05, 3.63) is 43.5 Å². The molecule has 0 amide bonds. The van der Waals surface area contributed by atoms with E-state index in [0.717, 1.165) is 0 Å². The molecule has 0 bridgehead atoms. The van der Waals surface area contributed by atoms with Gasteiger partial charge in [-0.25, -0.2) is 0 Å². The van der Waals surface area contributed by atoms with Gasteiger partial charge in [-0.2, -0.15) is 16.8 Å². The van der Waals surface area contributed by atoms with Crippen LogP contribution in [0.25, 0.3) is 11.1 Å². The summed E-state index contributed by atoms with van der Waals surface area (Å²) >= 11 is 3.54. The first-order valence-electron chi connectivity index (χ1n) is 5.54. The Morgan fingerprint density at radius 1 is 0.682 bits per heavy atom. The van der Waals surface area contributed by atoms with Crippen LogP contribution in [0.15, 0.2) is 46.2 Å². The minimum absolute atomic E-state index is 0.266. The molecule has 2 N–H and O–H groups in total. The van der Waals surface area contributed by atoms with Crippen LogP contribution < -0.4 is 0 Å². The van der Waals surface area contributed by atoms with E-state index in [1.165, 1.54) is 24.3 Å². The van der Waals surface area contributed by atoms with Crippen LogP contribution in [-0.2, 0) is 20.2 Å². The molecule has 2 rings (SSSR count). The second kappa shape index (κ2) is 6.32. The molecule has 0 aromatic heterocycles. The number of hydrogen-bond donors (Lipinski definition) is 2. The molecule has 0 saturated carbocycles. The second-order valence-corrected chi connectivity index (χ2v) is 9.34. The largest absolute Gasteiger partial charge is 0.295 e. The Balaban J connectivity index is 2.69. The third-order valence-electron chi connectivity index (χ3n) is 2.75. The first kappa shape index (κ1) is 18.1. The van der Waals surface area contributed by atoms with Crippen LogP contribution in [0.3, 0.4) is 0 Å². The van der Waals surface area contributed by atoms with Gasteiger partial charge in [0.15, 0.2) is 0 Å². The predicted molar refractivity (Wildman–Crippen MR) is 96.9 cm³/mol. The molecule has 0 atom stereocenters. The van der Waals surface area contributed by atoms with Gasteiger partial charge in [0.05, 0.1) is 0 Å². The topological polar surface area (TPSA) is 109 Å². The number of rotatable bonds is 3. The Morgan fingerprint density at radius 2 is 1.00 bits per heavy atom. The van der Waals surface area contributed by atoms with Crippen molar-refractivity contribution in [1.29, 1.82) is 0 Å². The molecule has 10 heteroatoms. The highest BCUT2D eigenvalue weighted by atomic mass is 127. The van der Waals surface area contributed by atoms with Crippen LogP contribution in [-0.4, -0.2) is 25.9 Å². The average Bonchev–Trinajstić information content (AvgIpc) is 2.37. The molecule has 2 aromatic rings. The van der Waals surface area contributed by atoms with E-state index in [1.54, 1.807) is 57.3 Å². The van der Waals surface area contributed by atoms with Crippen LogP contribution in [0.1, 0.15) is 0 Å². The second-order valence-electron chi connectivity index (χ2n) is 4.24. The summed E-state index contributed by atoms with van der Waals surface area (Å²) in [6.07, 6.45) is 0. The molecule has 0 aliphatic heterocycles. The summed E-state index contributed by atoms with van der Waals surface area (Å²) in [6, 6.07) is 8.65. The minimum Gasteiger partial charge on any atom is -0.282 e. The lowest BCUT2D eigenvalue weighted by Crippen LogP contribution is -2.02. The average molecular weight is 566 g/mol. The molecule has 0 radical (unpaired) electrons. The number of hydrogen-bond acceptors (Lipinski definition) is 4. The molecular formula is C12H8I2O6S2. The van der Waals surface area contributed by atoms with E-state index in [0.29, 0.717) is 18.3 Å². The zero-order valence-corrected chi connectivity index (χ0v) is 16.5. The summed E-state index contributed by atoms with van der Waals surface area (Å²) in [5.41, 5.74) is 0.795. The van der Waals surface area contributed by atoms with E-state index in [1.807, 2.05) is 0 Å². The van der Waals surface area contributed by atoms with Gasteiger partial charge in [0.25, 0.3) is 20.2 Å². The zero-order valence-electron chi connectivity index (χ0n) is 10.6. The molecule has 0 aliphatic rings. The maximum absolute atomic E-state index is 11.3. The van der Waals surface area contributed by atoms with E-state index < -0.39 is 20.2 Å². The third-order valence-corrected chi connectivity index (χ3v) is 7.15. The SMILES string of the molecule is O=S(=O)(O)c1cc(-c2ccc(I)c(S(=O)(=O)O)c2)ccc1I. The van der Waals surface area contributed by atoms with E-state index in [9.17, 15) is 25.9 Å². The molecule has 0 heterocycles. The van der Waals surface area contributed by atoms with Gasteiger partial charge >= 0.3 is 0 Å². The summed E-state index contributed by atoms with van der Waals surface area (Å²) in [4.78, 5) is -0.532. The molecule has 2 aromatic carbocycles. The summed E-state index contributed by atoms with van der Waals surface area (Å²) in [5.74, 6) is 0. The van der Waals surface area contributed by atoms with Crippen LogP contribution in [0.2, 0.25) is 0 Å². The fourth-order valence-corrected chi connectivity index (χ4v) is 5.28. The first-order chi connectivity index (χ1) is 10.00. The van der Waals surface area contributed by atoms with Crippen molar-refractivity contribution in [3.8, 4) is 11.1 Å². The molecule has 0 aliphatic carbocycles. The highest BCUT2D eigenvalue weighted by Crippen LogP contribution is 2.29. The standard InChI is InChI=1S/C12H8I2O6S2/c13-9-3-1-7(5-11(9)21(15,16)17)8-2-4-10(14)12(6-8)22(18,19)20/h1-6H,(H,15,16,17)(H,18,19,20). The fraction of sp³-hybridized carbons (Fsp3) is 0. The maximum Gasteiger partial charge on any atom is 0.295 e. The van der Waals surface area contributed by atoms with Crippen molar-refractivity contribution >= 4 is 65.4 Å². The zero-order chi connectivity index (χ0) is 16.7. The molecule has 6 nitrogen and oxygen atoms in total. The molecular weight excluding hydrogens is 558 g/mol. The van der Waals surface area contributed by atoms with Crippen molar-refractivity contribution in [1.82, 2.24) is 0 Å². The predicted octanol–water partition coefficient (Wildman–Crippen LogP) is 3.06. The molecule has 0 saturated heterocycles. The Bertz CT molecular complexity index is 872. The van der Waals surface area contributed by atoms with Gasteiger partial charge in [0, 0.05) is 7.14 Å². The van der Waals surface area contributed by atoms with Crippen LogP contribution >= 0.6 is 45.2 Å². The summed E-state index contributed by atoms with van der Waals surface area (Å²) in [7, 11) is -8.77. The quantitative estimate of drug-likeness (QED) is 0.437. The van der Waals surface area contributed by atoms with Gasteiger partial charge in [0.1, 0.15) is 9.79 Å². The van der Waals surface area contributed by atoms with E-state index in [2.05, 4.69) is 0 Å². The molecule has 0 spiro atoms. The molecule has 118 valence electrons. The molecule has 0 unspecified atom stereocenters. The van der Waals surface area contributed by atoms with Gasteiger partial charge < -0.3 is 0 Å². The van der Waals surface area contributed by atoms with Gasteiger partial charge in [-0.05, 0) is 80.6 Å². The van der Waals surface area contributed by atoms with Gasteiger partial charge in [-0.3, -0.25) is 9.11 Å². The summed E-state index contributed by atoms with van der Waals surface area (Å²) in [6.45, 7) is 0. The molecule has 22 heavy (non-hydrogen) atoms. The van der Waals surface area contributed by atoms with Crippen LogP contribution in [0, 0.1) is 7.14 Å². The van der Waals surface area contributed by atoms with Crippen molar-refractivity contribution in [2.45, 2.75) is 9.79 Å². The number of benzene rings is 2. The fourth-order valence-electron chi connectivity index (χ4n) is 1.76. The summed E-state index contributed by atoms with van der Waals surface area (Å²) in [5, 5.41) is 0. The highest BCUT2D eigenvalue weighted by Gasteiger charge is 2.18. The maximum atomic E-state index is 11.3.